The molecule has 1 N–H and O–H groups in total. The topological polar surface area (TPSA) is 111 Å². The second-order valence-corrected chi connectivity index (χ2v) is 12.6. The highest BCUT2D eigenvalue weighted by Gasteiger charge is 2.25. The summed E-state index contributed by atoms with van der Waals surface area (Å²) in [4.78, 5) is 16.3. The summed E-state index contributed by atoms with van der Waals surface area (Å²) in [5.74, 6) is 1.80. The Kier molecular flexibility index (Phi) is 9.73. The molecule has 1 heterocycles. The zero-order chi connectivity index (χ0) is 32.0. The Morgan fingerprint density at radius 3 is 2.33 bits per heavy atom. The molecule has 5 aromatic rings. The van der Waals surface area contributed by atoms with Gasteiger partial charge in [0.15, 0.2) is 0 Å². The molecule has 0 radical (unpaired) electrons. The number of sulfonamides is 1. The van der Waals surface area contributed by atoms with Crippen LogP contribution in [0.4, 0.5) is 10.5 Å². The van der Waals surface area contributed by atoms with E-state index in [4.69, 9.17) is 19.6 Å². The minimum Gasteiger partial charge on any atom is -0.497 e. The fraction of sp³-hybridized carbons (Fsp3) is 0.257. The second-order valence-electron chi connectivity index (χ2n) is 10.7. The number of anilines is 1. The summed E-state index contributed by atoms with van der Waals surface area (Å²) < 4.78 is 41.5. The Hall–Kier alpha value is -4.83. The first kappa shape index (κ1) is 31.6. The third-order valence-corrected chi connectivity index (χ3v) is 9.46. The Bertz CT molecular complexity index is 1880. The van der Waals surface area contributed by atoms with Crippen LogP contribution >= 0.6 is 0 Å². The van der Waals surface area contributed by atoms with Crippen LogP contribution in [-0.2, 0) is 23.0 Å². The molecule has 0 aliphatic heterocycles. The number of rotatable bonds is 13. The number of carbonyl (C=O) groups is 1. The van der Waals surface area contributed by atoms with Crippen LogP contribution in [0.5, 0.6) is 11.5 Å². The van der Waals surface area contributed by atoms with E-state index in [1.807, 2.05) is 61.5 Å². The highest BCUT2D eigenvalue weighted by atomic mass is 32.2. The predicted octanol–water partition coefficient (Wildman–Crippen LogP) is 7.76. The number of methoxy groups -OCH3 is 1. The fourth-order valence-electron chi connectivity index (χ4n) is 5.34. The van der Waals surface area contributed by atoms with Gasteiger partial charge in [-0.25, -0.2) is 18.2 Å². The minimum absolute atomic E-state index is 0.199. The number of aryl methyl sites for hydroxylation is 1. The molecule has 0 aliphatic rings. The molecule has 0 fully saturated rings. The van der Waals surface area contributed by atoms with E-state index in [9.17, 15) is 13.2 Å². The average molecular weight is 628 g/mol. The number of benzene rings is 4. The lowest BCUT2D eigenvalue weighted by atomic mass is 10.0. The van der Waals surface area contributed by atoms with Crippen molar-refractivity contribution in [3.63, 3.8) is 0 Å². The molecule has 0 spiro atoms. The van der Waals surface area contributed by atoms with Crippen molar-refractivity contribution >= 4 is 32.9 Å². The Labute approximate surface area is 263 Å². The zero-order valence-electron chi connectivity index (χ0n) is 25.6. The zero-order valence-corrected chi connectivity index (χ0v) is 26.5. The molecular formula is C35H37N3O6S. The van der Waals surface area contributed by atoms with Gasteiger partial charge in [-0.2, -0.15) is 0 Å². The predicted molar refractivity (Wildman–Crippen MR) is 176 cm³/mol. The van der Waals surface area contributed by atoms with Crippen molar-refractivity contribution in [1.82, 2.24) is 9.55 Å². The number of hydrogen-bond donors (Lipinski definition) is 1. The molecule has 10 heteroatoms. The van der Waals surface area contributed by atoms with Gasteiger partial charge in [0.25, 0.3) is 10.0 Å². The van der Waals surface area contributed by atoms with Gasteiger partial charge in [-0.1, -0.05) is 62.7 Å². The molecule has 0 amide bonds. The van der Waals surface area contributed by atoms with Gasteiger partial charge in [0.2, 0.25) is 0 Å². The Balaban J connectivity index is 1.52. The summed E-state index contributed by atoms with van der Waals surface area (Å²) in [6.45, 7) is 4.96. The lowest BCUT2D eigenvalue weighted by molar-refractivity contribution is 0.144. The van der Waals surface area contributed by atoms with Crippen molar-refractivity contribution < 1.29 is 27.8 Å². The van der Waals surface area contributed by atoms with Gasteiger partial charge in [-0.3, -0.25) is 4.31 Å². The molecule has 0 atom stereocenters. The van der Waals surface area contributed by atoms with E-state index in [0.717, 1.165) is 47.2 Å². The van der Waals surface area contributed by atoms with Gasteiger partial charge in [0.1, 0.15) is 17.3 Å². The number of carboxylic acid groups (broad SMARTS) is 1. The number of nitrogens with zero attached hydrogens (tertiary/aromatic N) is 3. The molecule has 5 rings (SSSR count). The highest BCUT2D eigenvalue weighted by molar-refractivity contribution is 7.92. The summed E-state index contributed by atoms with van der Waals surface area (Å²) >= 11 is 0. The van der Waals surface area contributed by atoms with E-state index >= 15 is 0 Å². The highest BCUT2D eigenvalue weighted by Crippen LogP contribution is 2.32. The summed E-state index contributed by atoms with van der Waals surface area (Å²) in [7, 11) is -2.28. The summed E-state index contributed by atoms with van der Waals surface area (Å²) in [6.07, 6.45) is 2.07. The van der Waals surface area contributed by atoms with Crippen LogP contribution in [0.3, 0.4) is 0 Å². The number of fused-ring (bicyclic) bond motifs is 1. The van der Waals surface area contributed by atoms with Gasteiger partial charge in [0.05, 0.1) is 28.7 Å². The van der Waals surface area contributed by atoms with Crippen LogP contribution in [0.2, 0.25) is 0 Å². The molecule has 1 aromatic heterocycles. The molecule has 0 bridgehead atoms. The molecule has 234 valence electrons. The fourth-order valence-corrected chi connectivity index (χ4v) is 6.89. The number of para-hydroxylation sites is 1. The smallest absolute Gasteiger partial charge is 0.497 e. The van der Waals surface area contributed by atoms with E-state index in [2.05, 4.69) is 11.5 Å². The van der Waals surface area contributed by atoms with Gasteiger partial charge in [0, 0.05) is 25.1 Å². The maximum atomic E-state index is 13.8. The van der Waals surface area contributed by atoms with Crippen LogP contribution in [-0.4, -0.2) is 42.9 Å². The molecule has 0 saturated heterocycles. The van der Waals surface area contributed by atoms with Crippen LogP contribution in [0.25, 0.3) is 22.2 Å². The van der Waals surface area contributed by atoms with E-state index in [-0.39, 0.29) is 10.6 Å². The maximum absolute atomic E-state index is 13.8. The average Bonchev–Trinajstić information content (AvgIpc) is 3.39. The van der Waals surface area contributed by atoms with Crippen molar-refractivity contribution in [2.45, 2.75) is 51.0 Å². The number of unbranched alkanes of at least 4 members (excludes halogenated alkanes) is 1. The van der Waals surface area contributed by atoms with Gasteiger partial charge >= 0.3 is 6.16 Å². The summed E-state index contributed by atoms with van der Waals surface area (Å²) in [5.41, 5.74) is 4.77. The normalized spacial score (nSPS) is 11.4. The number of hydrogen-bond acceptors (Lipinski definition) is 6. The van der Waals surface area contributed by atoms with Crippen molar-refractivity contribution in [3.05, 3.63) is 102 Å². The van der Waals surface area contributed by atoms with E-state index in [0.29, 0.717) is 36.5 Å². The van der Waals surface area contributed by atoms with E-state index in [1.165, 1.54) is 4.31 Å². The number of ether oxygens (including phenoxy) is 2. The quantitative estimate of drug-likeness (QED) is 0.105. The molecule has 9 nitrogen and oxygen atoms in total. The van der Waals surface area contributed by atoms with E-state index < -0.39 is 16.2 Å². The standard InChI is InChI=1S/C35H37N3O6S/c1-4-6-11-34-36-31-21-16-27(38(22-5-2)45(41,42)29-19-17-28(43-3)18-20-29)23-32(31)37(34)24-25-12-14-26(15-13-25)30-9-7-8-10-33(30)44-35(39)40/h7-10,12-21,23H,4-6,11,22,24H2,1-3H3,(H,39,40). The monoisotopic (exact) mass is 627 g/mol. The third kappa shape index (κ3) is 6.96. The molecule has 0 aliphatic carbocycles. The maximum Gasteiger partial charge on any atom is 0.511 e. The molecule has 45 heavy (non-hydrogen) atoms. The third-order valence-electron chi connectivity index (χ3n) is 7.62. The lowest BCUT2D eigenvalue weighted by Crippen LogP contribution is -2.31. The lowest BCUT2D eigenvalue weighted by Gasteiger charge is -2.24. The first-order chi connectivity index (χ1) is 21.7. The largest absolute Gasteiger partial charge is 0.511 e. The molecule has 0 saturated carbocycles. The first-order valence-electron chi connectivity index (χ1n) is 15.0. The van der Waals surface area contributed by atoms with Gasteiger partial charge in [-0.05, 0) is 72.5 Å². The van der Waals surface area contributed by atoms with Crippen LogP contribution in [0.15, 0.2) is 95.9 Å². The Morgan fingerprint density at radius 2 is 1.67 bits per heavy atom. The summed E-state index contributed by atoms with van der Waals surface area (Å²) in [6, 6.07) is 27.0. The minimum atomic E-state index is -3.83. The summed E-state index contributed by atoms with van der Waals surface area (Å²) in [5, 5.41) is 9.13. The van der Waals surface area contributed by atoms with E-state index in [1.54, 1.807) is 43.5 Å². The second kappa shape index (κ2) is 13.9. The molecular weight excluding hydrogens is 590 g/mol. The van der Waals surface area contributed by atoms with Crippen molar-refractivity contribution in [2.24, 2.45) is 0 Å². The Morgan fingerprint density at radius 1 is 0.933 bits per heavy atom. The van der Waals surface area contributed by atoms with Crippen molar-refractivity contribution in [3.8, 4) is 22.6 Å². The molecule has 4 aromatic carbocycles. The van der Waals surface area contributed by atoms with Crippen molar-refractivity contribution in [2.75, 3.05) is 18.0 Å². The van der Waals surface area contributed by atoms with Crippen molar-refractivity contribution in [1.29, 1.82) is 0 Å². The first-order valence-corrected chi connectivity index (χ1v) is 16.4. The molecule has 0 unspecified atom stereocenters. The van der Waals surface area contributed by atoms with Crippen LogP contribution in [0.1, 0.15) is 44.5 Å². The van der Waals surface area contributed by atoms with Gasteiger partial charge < -0.3 is 19.1 Å². The number of aromatic nitrogens is 2. The van der Waals surface area contributed by atoms with Crippen LogP contribution in [0, 0.1) is 0 Å². The van der Waals surface area contributed by atoms with Crippen LogP contribution < -0.4 is 13.8 Å². The SMILES string of the molecule is CCCCc1nc2ccc(N(CCC)S(=O)(=O)c3ccc(OC)cc3)cc2n1Cc1ccc(-c2ccccc2OC(=O)O)cc1. The number of imidazole rings is 1. The van der Waals surface area contributed by atoms with Gasteiger partial charge in [-0.15, -0.1) is 0 Å².